The van der Waals surface area contributed by atoms with Gasteiger partial charge in [0, 0.05) is 0 Å². The van der Waals surface area contributed by atoms with Gasteiger partial charge in [-0.2, -0.15) is 5.26 Å². The van der Waals surface area contributed by atoms with E-state index in [4.69, 9.17) is 10.00 Å². The van der Waals surface area contributed by atoms with Gasteiger partial charge < -0.3 is 4.74 Å². The summed E-state index contributed by atoms with van der Waals surface area (Å²) < 4.78 is 5.30. The summed E-state index contributed by atoms with van der Waals surface area (Å²) in [5, 5.41) is 8.77. The molecule has 0 aromatic heterocycles. The third-order valence-electron chi connectivity index (χ3n) is 2.83. The lowest BCUT2D eigenvalue weighted by Crippen LogP contribution is -1.90. The van der Waals surface area contributed by atoms with Crippen LogP contribution in [0, 0.1) is 18.3 Å². The van der Waals surface area contributed by atoms with Crippen molar-refractivity contribution in [2.45, 2.75) is 6.92 Å². The second kappa shape index (κ2) is 4.71. The van der Waals surface area contributed by atoms with Crippen LogP contribution in [0.25, 0.3) is 11.1 Å². The molecule has 0 unspecified atom stereocenters. The van der Waals surface area contributed by atoms with Gasteiger partial charge in [0.1, 0.15) is 5.75 Å². The van der Waals surface area contributed by atoms with Crippen LogP contribution in [0.15, 0.2) is 42.5 Å². The molecule has 0 aliphatic carbocycles. The summed E-state index contributed by atoms with van der Waals surface area (Å²) in [6, 6.07) is 15.7. The maximum atomic E-state index is 8.77. The largest absolute Gasteiger partial charge is 0.496 e. The minimum Gasteiger partial charge on any atom is -0.496 e. The van der Waals surface area contributed by atoms with E-state index < -0.39 is 0 Å². The molecule has 2 heteroatoms. The Morgan fingerprint density at radius 2 is 1.76 bits per heavy atom. The Morgan fingerprint density at radius 3 is 2.35 bits per heavy atom. The Hall–Kier alpha value is -2.27. The highest BCUT2D eigenvalue weighted by Crippen LogP contribution is 2.29. The van der Waals surface area contributed by atoms with E-state index in [0.717, 1.165) is 22.4 Å². The van der Waals surface area contributed by atoms with Gasteiger partial charge in [-0.3, -0.25) is 0 Å². The molecule has 0 heterocycles. The minimum atomic E-state index is 0.675. The van der Waals surface area contributed by atoms with Gasteiger partial charge >= 0.3 is 0 Å². The molecule has 0 aliphatic rings. The number of methoxy groups -OCH3 is 1. The predicted molar refractivity (Wildman–Crippen MR) is 67.9 cm³/mol. The highest BCUT2D eigenvalue weighted by molar-refractivity contribution is 5.70. The number of hydrogen-bond acceptors (Lipinski definition) is 2. The molecule has 17 heavy (non-hydrogen) atoms. The zero-order valence-corrected chi connectivity index (χ0v) is 9.90. The van der Waals surface area contributed by atoms with Gasteiger partial charge in [-0.15, -0.1) is 0 Å². The highest BCUT2D eigenvalue weighted by atomic mass is 16.5. The Labute approximate surface area is 101 Å². The summed E-state index contributed by atoms with van der Waals surface area (Å²) in [4.78, 5) is 0. The number of ether oxygens (including phenoxy) is 1. The zero-order chi connectivity index (χ0) is 12.3. The van der Waals surface area contributed by atoms with Gasteiger partial charge in [-0.25, -0.2) is 0 Å². The predicted octanol–water partition coefficient (Wildman–Crippen LogP) is 3.54. The van der Waals surface area contributed by atoms with Crippen LogP contribution in [0.1, 0.15) is 11.1 Å². The molecule has 0 fully saturated rings. The van der Waals surface area contributed by atoms with Gasteiger partial charge in [0.2, 0.25) is 0 Å². The summed E-state index contributed by atoms with van der Waals surface area (Å²) in [6.07, 6.45) is 0. The lowest BCUT2D eigenvalue weighted by Gasteiger charge is -2.10. The Morgan fingerprint density at radius 1 is 1.06 bits per heavy atom. The molecule has 2 aromatic rings. The maximum absolute atomic E-state index is 8.77. The summed E-state index contributed by atoms with van der Waals surface area (Å²) >= 11 is 0. The number of nitriles is 1. The van der Waals surface area contributed by atoms with E-state index in [1.54, 1.807) is 7.11 Å². The van der Waals surface area contributed by atoms with Crippen LogP contribution in [0.3, 0.4) is 0 Å². The van der Waals surface area contributed by atoms with Crippen LogP contribution in [-0.4, -0.2) is 7.11 Å². The van der Waals surface area contributed by atoms with E-state index in [-0.39, 0.29) is 0 Å². The van der Waals surface area contributed by atoms with Crippen molar-refractivity contribution in [3.05, 3.63) is 53.6 Å². The monoisotopic (exact) mass is 223 g/mol. The first-order valence-corrected chi connectivity index (χ1v) is 5.40. The first-order valence-electron chi connectivity index (χ1n) is 5.40. The number of rotatable bonds is 2. The topological polar surface area (TPSA) is 33.0 Å². The first-order chi connectivity index (χ1) is 8.26. The summed E-state index contributed by atoms with van der Waals surface area (Å²) in [5.41, 5.74) is 4.02. The Balaban J connectivity index is 2.49. The summed E-state index contributed by atoms with van der Waals surface area (Å²) in [7, 11) is 1.67. The molecule has 0 saturated heterocycles. The average molecular weight is 223 g/mol. The van der Waals surface area contributed by atoms with Gasteiger partial charge in [-0.1, -0.05) is 24.3 Å². The van der Waals surface area contributed by atoms with Crippen molar-refractivity contribution < 1.29 is 4.74 Å². The average Bonchev–Trinajstić information content (AvgIpc) is 2.39. The Bertz CT molecular complexity index is 564. The van der Waals surface area contributed by atoms with Crippen molar-refractivity contribution in [2.24, 2.45) is 0 Å². The fourth-order valence-electron chi connectivity index (χ4n) is 1.87. The molecule has 0 aliphatic heterocycles. The van der Waals surface area contributed by atoms with Crippen molar-refractivity contribution in [3.8, 4) is 22.9 Å². The molecule has 0 amide bonds. The van der Waals surface area contributed by atoms with Crippen molar-refractivity contribution in [1.82, 2.24) is 0 Å². The molecule has 0 spiro atoms. The van der Waals surface area contributed by atoms with E-state index in [1.165, 1.54) is 0 Å². The maximum Gasteiger partial charge on any atom is 0.122 e. The molecule has 0 saturated carbocycles. The quantitative estimate of drug-likeness (QED) is 0.780. The van der Waals surface area contributed by atoms with Gasteiger partial charge in [0.15, 0.2) is 0 Å². The molecular weight excluding hydrogens is 210 g/mol. The third kappa shape index (κ3) is 2.14. The molecule has 0 atom stereocenters. The molecule has 0 bridgehead atoms. The number of nitrogens with zero attached hydrogens (tertiary/aromatic N) is 1. The second-order valence-corrected chi connectivity index (χ2v) is 3.82. The van der Waals surface area contributed by atoms with Crippen molar-refractivity contribution in [2.75, 3.05) is 7.11 Å². The highest BCUT2D eigenvalue weighted by Gasteiger charge is 2.05. The third-order valence-corrected chi connectivity index (χ3v) is 2.83. The molecule has 0 N–H and O–H groups in total. The summed E-state index contributed by atoms with van der Waals surface area (Å²) in [6.45, 7) is 2.03. The fourth-order valence-corrected chi connectivity index (χ4v) is 1.87. The molecule has 2 nitrogen and oxygen atoms in total. The Kier molecular flexibility index (Phi) is 3.11. The van der Waals surface area contributed by atoms with Crippen LogP contribution in [0.5, 0.6) is 5.75 Å². The normalized spacial score (nSPS) is 9.71. The van der Waals surface area contributed by atoms with Gasteiger partial charge in [-0.05, 0) is 41.8 Å². The van der Waals surface area contributed by atoms with Crippen molar-refractivity contribution in [1.29, 1.82) is 5.26 Å². The van der Waals surface area contributed by atoms with Crippen molar-refractivity contribution in [3.63, 3.8) is 0 Å². The van der Waals surface area contributed by atoms with Crippen LogP contribution in [0.2, 0.25) is 0 Å². The smallest absolute Gasteiger partial charge is 0.122 e. The van der Waals surface area contributed by atoms with Crippen LogP contribution >= 0.6 is 0 Å². The zero-order valence-electron chi connectivity index (χ0n) is 9.90. The first kappa shape index (κ1) is 11.2. The van der Waals surface area contributed by atoms with E-state index >= 15 is 0 Å². The molecule has 0 radical (unpaired) electrons. The molecule has 2 rings (SSSR count). The van der Waals surface area contributed by atoms with Gasteiger partial charge in [0.05, 0.1) is 18.7 Å². The van der Waals surface area contributed by atoms with E-state index in [1.807, 2.05) is 43.3 Å². The summed E-state index contributed by atoms with van der Waals surface area (Å²) in [5.74, 6) is 0.881. The van der Waals surface area contributed by atoms with Gasteiger partial charge in [0.25, 0.3) is 0 Å². The van der Waals surface area contributed by atoms with E-state index in [9.17, 15) is 0 Å². The molecule has 2 aromatic carbocycles. The van der Waals surface area contributed by atoms with Crippen molar-refractivity contribution >= 4 is 0 Å². The molecular formula is C15H13NO. The van der Waals surface area contributed by atoms with Crippen LogP contribution in [0.4, 0.5) is 0 Å². The van der Waals surface area contributed by atoms with Crippen LogP contribution in [-0.2, 0) is 0 Å². The standard InChI is InChI=1S/C15H13NO/c1-11-14(4-3-5-15(11)17-2)13-8-6-12(10-16)7-9-13/h3-9H,1-2H3. The minimum absolute atomic E-state index is 0.675. The molecule has 84 valence electrons. The van der Waals surface area contributed by atoms with E-state index in [2.05, 4.69) is 12.1 Å². The fraction of sp³-hybridized carbons (Fsp3) is 0.133. The number of benzene rings is 2. The second-order valence-electron chi connectivity index (χ2n) is 3.82. The number of hydrogen-bond donors (Lipinski definition) is 0. The SMILES string of the molecule is COc1cccc(-c2ccc(C#N)cc2)c1C. The lowest BCUT2D eigenvalue weighted by molar-refractivity contribution is 0.412. The lowest BCUT2D eigenvalue weighted by atomic mass is 9.99. The van der Waals surface area contributed by atoms with E-state index in [0.29, 0.717) is 5.56 Å². The van der Waals surface area contributed by atoms with Crippen LogP contribution < -0.4 is 4.74 Å².